The zero-order valence-electron chi connectivity index (χ0n) is 28.6. The minimum atomic E-state index is -0.727. The van der Waals surface area contributed by atoms with Crippen LogP contribution in [0, 0.1) is 23.0 Å². The lowest BCUT2D eigenvalue weighted by Gasteiger charge is -2.19. The lowest BCUT2D eigenvalue weighted by atomic mass is 10.1. The molecule has 2 heterocycles. The first-order valence-corrected chi connectivity index (χ1v) is 16.2. The molecule has 5 N–H and O–H groups in total. The summed E-state index contributed by atoms with van der Waals surface area (Å²) in [7, 11) is 0. The Hall–Kier alpha value is -5.93. The number of primary amides is 1. The van der Waals surface area contributed by atoms with E-state index in [2.05, 4.69) is 26.0 Å². The number of allylic oxidation sites excluding steroid dienone is 1. The number of anilines is 3. The largest absolute Gasteiger partial charge is 0.491 e. The number of hydrogen-bond acceptors (Lipinski definition) is 10. The maximum Gasteiger partial charge on any atom is 0.412 e. The second-order valence-corrected chi connectivity index (χ2v) is 12.9. The van der Waals surface area contributed by atoms with E-state index in [-0.39, 0.29) is 41.7 Å². The fourth-order valence-electron chi connectivity index (χ4n) is 5.15. The number of aryl methyl sites for hydroxylation is 2. The molecule has 0 radical (unpaired) electrons. The zero-order chi connectivity index (χ0) is 36.2. The van der Waals surface area contributed by atoms with Crippen LogP contribution in [0.2, 0.25) is 0 Å². The van der Waals surface area contributed by atoms with Gasteiger partial charge >= 0.3 is 6.09 Å². The molecule has 0 bridgehead atoms. The van der Waals surface area contributed by atoms with Gasteiger partial charge in [-0.05, 0) is 83.7 Å². The van der Waals surface area contributed by atoms with Crippen LogP contribution in [0.1, 0.15) is 67.1 Å². The average Bonchev–Trinajstić information content (AvgIpc) is 3.70. The van der Waals surface area contributed by atoms with Crippen LogP contribution in [0.5, 0.6) is 5.75 Å². The van der Waals surface area contributed by atoms with Crippen molar-refractivity contribution in [1.29, 1.82) is 0 Å². The second-order valence-electron chi connectivity index (χ2n) is 12.9. The van der Waals surface area contributed by atoms with E-state index < -0.39 is 28.4 Å². The van der Waals surface area contributed by atoms with E-state index in [9.17, 15) is 24.5 Å². The number of benzene rings is 2. The van der Waals surface area contributed by atoms with Crippen LogP contribution in [0.3, 0.4) is 0 Å². The van der Waals surface area contributed by atoms with Gasteiger partial charge in [0.15, 0.2) is 0 Å². The molecule has 1 aliphatic carbocycles. The topological polar surface area (TPSA) is 211 Å². The molecule has 1 aliphatic rings. The maximum absolute atomic E-state index is 13.4. The van der Waals surface area contributed by atoms with Gasteiger partial charge in [-0.15, -0.1) is 0 Å². The molecule has 16 heteroatoms. The summed E-state index contributed by atoms with van der Waals surface area (Å²) in [6.07, 6.45) is 4.96. The number of aromatic nitrogens is 4. The maximum atomic E-state index is 13.4. The number of hydrogen-bond donors (Lipinski definition) is 4. The van der Waals surface area contributed by atoms with E-state index in [1.165, 1.54) is 18.2 Å². The summed E-state index contributed by atoms with van der Waals surface area (Å²) in [5, 5.41) is 24.6. The van der Waals surface area contributed by atoms with Crippen LogP contribution in [-0.2, 0) is 17.8 Å². The van der Waals surface area contributed by atoms with Crippen molar-refractivity contribution in [3.05, 3.63) is 75.6 Å². The number of ether oxygens (including phenoxy) is 2. The number of carbonyl (C=O) groups excluding carboxylic acids is 3. The number of amides is 3. The molecule has 50 heavy (non-hydrogen) atoms. The van der Waals surface area contributed by atoms with E-state index >= 15 is 0 Å². The highest BCUT2D eigenvalue weighted by Crippen LogP contribution is 2.35. The van der Waals surface area contributed by atoms with Crippen molar-refractivity contribution >= 4 is 52.0 Å². The standard InChI is InChI=1S/C34H41N9O7/c1-6-42-27(15-20(2)40-42)31(45)39-32-38-25-16-22(30(35)44)17-28(49-19-21-9-10-21)29(25)41(32)14-8-7-13-36-24-12-11-23(18-26(24)43(47)48)37-33(46)50-34(3,4)5/h7-8,11-12,15-18,21,36H,6,9-10,13-14,19H2,1-5H3,(H2,35,44)(H,37,46)(H,38,39,45). The van der Waals surface area contributed by atoms with Crippen LogP contribution in [0.15, 0.2) is 48.6 Å². The van der Waals surface area contributed by atoms with Crippen molar-refractivity contribution in [1.82, 2.24) is 19.3 Å². The number of rotatable bonds is 14. The van der Waals surface area contributed by atoms with Gasteiger partial charge in [0.05, 0.1) is 28.4 Å². The lowest BCUT2D eigenvalue weighted by Crippen LogP contribution is -2.27. The van der Waals surface area contributed by atoms with Crippen molar-refractivity contribution < 1.29 is 28.8 Å². The molecule has 1 saturated carbocycles. The molecule has 264 valence electrons. The molecular weight excluding hydrogens is 646 g/mol. The van der Waals surface area contributed by atoms with Crippen molar-refractivity contribution in [3.63, 3.8) is 0 Å². The highest BCUT2D eigenvalue weighted by molar-refractivity contribution is 6.04. The number of nitrogens with one attached hydrogen (secondary N) is 3. The highest BCUT2D eigenvalue weighted by atomic mass is 16.6. The van der Waals surface area contributed by atoms with Crippen LogP contribution in [0.4, 0.5) is 27.8 Å². The Balaban J connectivity index is 1.39. The molecule has 16 nitrogen and oxygen atoms in total. The monoisotopic (exact) mass is 687 g/mol. The summed E-state index contributed by atoms with van der Waals surface area (Å²) >= 11 is 0. The Kier molecular flexibility index (Phi) is 10.4. The Morgan fingerprint density at radius 1 is 1.12 bits per heavy atom. The van der Waals surface area contributed by atoms with E-state index in [0.29, 0.717) is 47.2 Å². The Labute approximate surface area is 288 Å². The molecular formula is C34H41N9O7. The summed E-state index contributed by atoms with van der Waals surface area (Å²) in [5.74, 6) is -0.00679. The van der Waals surface area contributed by atoms with Gasteiger partial charge in [0.2, 0.25) is 11.9 Å². The molecule has 0 aliphatic heterocycles. The first-order chi connectivity index (χ1) is 23.7. The second kappa shape index (κ2) is 14.7. The Morgan fingerprint density at radius 2 is 1.88 bits per heavy atom. The smallest absolute Gasteiger partial charge is 0.412 e. The van der Waals surface area contributed by atoms with Gasteiger partial charge in [-0.2, -0.15) is 5.10 Å². The van der Waals surface area contributed by atoms with Crippen molar-refractivity contribution in [2.75, 3.05) is 29.1 Å². The number of nitro benzene ring substituents is 1. The number of nitro groups is 1. The Morgan fingerprint density at radius 3 is 2.54 bits per heavy atom. The summed E-state index contributed by atoms with van der Waals surface area (Å²) < 4.78 is 14.7. The number of nitrogens with zero attached hydrogens (tertiary/aromatic N) is 5. The van der Waals surface area contributed by atoms with Gasteiger partial charge in [0.1, 0.15) is 28.2 Å². The summed E-state index contributed by atoms with van der Waals surface area (Å²) in [5.41, 5.74) is 7.37. The summed E-state index contributed by atoms with van der Waals surface area (Å²) in [6.45, 7) is 10.2. The average molecular weight is 688 g/mol. The predicted molar refractivity (Wildman–Crippen MR) is 188 cm³/mol. The van der Waals surface area contributed by atoms with Gasteiger partial charge in [-0.25, -0.2) is 9.78 Å². The van der Waals surface area contributed by atoms with E-state index in [1.807, 2.05) is 6.92 Å². The third kappa shape index (κ3) is 8.75. The van der Waals surface area contributed by atoms with Gasteiger partial charge in [-0.3, -0.25) is 35.0 Å². The number of nitrogens with two attached hydrogens (primary N) is 1. The fraction of sp³-hybridized carbons (Fsp3) is 0.382. The molecule has 0 unspecified atom stereocenters. The molecule has 4 aromatic rings. The molecule has 1 fully saturated rings. The minimum absolute atomic E-state index is 0.208. The fourth-order valence-corrected chi connectivity index (χ4v) is 5.15. The first-order valence-electron chi connectivity index (χ1n) is 16.2. The molecule has 5 rings (SSSR count). The van der Waals surface area contributed by atoms with Crippen molar-refractivity contribution in [2.24, 2.45) is 11.7 Å². The van der Waals surface area contributed by atoms with E-state index in [0.717, 1.165) is 12.8 Å². The van der Waals surface area contributed by atoms with Gasteiger partial charge in [0, 0.05) is 31.3 Å². The lowest BCUT2D eigenvalue weighted by molar-refractivity contribution is -0.383. The summed E-state index contributed by atoms with van der Waals surface area (Å²) in [4.78, 5) is 53.7. The number of carbonyl (C=O) groups is 3. The van der Waals surface area contributed by atoms with Crippen LogP contribution in [0.25, 0.3) is 11.0 Å². The van der Waals surface area contributed by atoms with E-state index in [4.69, 9.17) is 15.2 Å². The van der Waals surface area contributed by atoms with Crippen LogP contribution >= 0.6 is 0 Å². The SMILES string of the molecule is CCn1nc(C)cc1C(=O)Nc1nc2cc(C(N)=O)cc(OCC3CC3)c2n1CC=CCNc1ccc(NC(=O)OC(C)(C)C)cc1[N+](=O)[O-]. The third-order valence-corrected chi connectivity index (χ3v) is 7.63. The van der Waals surface area contributed by atoms with Gasteiger partial charge in [0.25, 0.3) is 11.6 Å². The quantitative estimate of drug-likeness (QED) is 0.0729. The van der Waals surface area contributed by atoms with Crippen LogP contribution < -0.4 is 26.4 Å². The van der Waals surface area contributed by atoms with E-state index in [1.54, 1.807) is 67.3 Å². The molecule has 0 atom stereocenters. The van der Waals surface area contributed by atoms with Gasteiger partial charge < -0.3 is 25.1 Å². The Bertz CT molecular complexity index is 1970. The third-order valence-electron chi connectivity index (χ3n) is 7.63. The molecule has 0 saturated heterocycles. The predicted octanol–water partition coefficient (Wildman–Crippen LogP) is 5.62. The molecule has 0 spiro atoms. The van der Waals surface area contributed by atoms with Crippen molar-refractivity contribution in [2.45, 2.75) is 66.2 Å². The highest BCUT2D eigenvalue weighted by Gasteiger charge is 2.25. The molecule has 3 amide bonds. The minimum Gasteiger partial charge on any atom is -0.491 e. The van der Waals surface area contributed by atoms with Crippen molar-refractivity contribution in [3.8, 4) is 5.75 Å². The molecule has 2 aromatic carbocycles. The van der Waals surface area contributed by atoms with Gasteiger partial charge in [-0.1, -0.05) is 12.2 Å². The molecule has 2 aromatic heterocycles. The number of imidazole rings is 1. The number of fused-ring (bicyclic) bond motifs is 1. The zero-order valence-corrected chi connectivity index (χ0v) is 28.6. The summed E-state index contributed by atoms with van der Waals surface area (Å²) in [6, 6.07) is 9.10. The normalized spacial score (nSPS) is 13.0. The van der Waals surface area contributed by atoms with Crippen LogP contribution in [-0.4, -0.2) is 60.9 Å². The first kappa shape index (κ1) is 35.4.